The maximum Gasteiger partial charge on any atom is 0.353 e. The summed E-state index contributed by atoms with van der Waals surface area (Å²) >= 11 is 0. The molecule has 1 aliphatic rings. The summed E-state index contributed by atoms with van der Waals surface area (Å²) in [6.45, 7) is 1.99. The van der Waals surface area contributed by atoms with Gasteiger partial charge in [-0.15, -0.1) is 0 Å². The minimum absolute atomic E-state index is 0.167. The first-order valence-corrected chi connectivity index (χ1v) is 9.38. The predicted octanol–water partition coefficient (Wildman–Crippen LogP) is 4.79. The first kappa shape index (κ1) is 16.5. The molecule has 1 fully saturated rings. The monoisotopic (exact) mass is 360 g/mol. The van der Waals surface area contributed by atoms with Crippen molar-refractivity contribution in [1.82, 2.24) is 0 Å². The van der Waals surface area contributed by atoms with Gasteiger partial charge in [0.2, 0.25) is 0 Å². The van der Waals surface area contributed by atoms with Gasteiger partial charge in [-0.25, -0.2) is 9.00 Å². The molecule has 1 aliphatic heterocycles. The van der Waals surface area contributed by atoms with Crippen LogP contribution in [-0.2, 0) is 20.3 Å². The number of aryl methyl sites for hydroxylation is 1. The normalized spacial score (nSPS) is 20.0. The molecule has 128 valence electrons. The average Bonchev–Trinajstić information content (AvgIpc) is 2.91. The molecule has 3 nitrogen and oxygen atoms in total. The number of carbonyl (C=O) groups is 1. The summed E-state index contributed by atoms with van der Waals surface area (Å²) in [6.07, 6.45) is 3.29. The van der Waals surface area contributed by atoms with Gasteiger partial charge in [-0.05, 0) is 47.0 Å². The van der Waals surface area contributed by atoms with Crippen LogP contribution in [0.25, 0.3) is 22.9 Å². The van der Waals surface area contributed by atoms with Gasteiger partial charge in [-0.3, -0.25) is 0 Å². The van der Waals surface area contributed by atoms with Crippen molar-refractivity contribution in [3.63, 3.8) is 0 Å². The van der Waals surface area contributed by atoms with Crippen LogP contribution < -0.4 is 0 Å². The van der Waals surface area contributed by atoms with E-state index in [4.69, 9.17) is 4.74 Å². The van der Waals surface area contributed by atoms with Crippen molar-refractivity contribution < 1.29 is 13.7 Å². The van der Waals surface area contributed by atoms with Crippen molar-refractivity contribution in [1.29, 1.82) is 0 Å². The zero-order valence-corrected chi connectivity index (χ0v) is 15.0. The molecule has 0 bridgehead atoms. The topological polar surface area (TPSA) is 43.4 Å². The third-order valence-electron chi connectivity index (χ3n) is 4.21. The highest BCUT2D eigenvalue weighted by Gasteiger charge is 2.32. The summed E-state index contributed by atoms with van der Waals surface area (Å²) < 4.78 is 17.9. The lowest BCUT2D eigenvalue weighted by Crippen LogP contribution is -1.95. The first-order chi connectivity index (χ1) is 12.6. The molecule has 0 aliphatic carbocycles. The molecule has 4 heteroatoms. The van der Waals surface area contributed by atoms with Crippen LogP contribution in [0.4, 0.5) is 0 Å². The molecule has 3 aromatic carbocycles. The summed E-state index contributed by atoms with van der Waals surface area (Å²) in [7, 11) is -1.62. The van der Waals surface area contributed by atoms with Crippen molar-refractivity contribution in [3.8, 4) is 0 Å². The molecular weight excluding hydrogens is 344 g/mol. The standard InChI is InChI=1S/C22H16O3S/c1-15-6-8-16(9-7-15)13-20-22(23)25-21(26(20)24)14-17-10-11-18-4-2-3-5-19(18)12-17/h2-14H,1H3/b20-13-,21-14-. The first-order valence-electron chi connectivity index (χ1n) is 8.23. The van der Waals surface area contributed by atoms with Crippen LogP contribution in [0.15, 0.2) is 76.7 Å². The fraction of sp³-hybridized carbons (Fsp3) is 0.0455. The van der Waals surface area contributed by atoms with Crippen LogP contribution in [0.5, 0.6) is 0 Å². The number of hydrogen-bond donors (Lipinski definition) is 0. The summed E-state index contributed by atoms with van der Waals surface area (Å²) in [6, 6.07) is 21.5. The molecule has 0 radical (unpaired) electrons. The highest BCUT2D eigenvalue weighted by molar-refractivity contribution is 7.94. The van der Waals surface area contributed by atoms with Gasteiger partial charge in [-0.1, -0.05) is 66.2 Å². The molecule has 1 saturated heterocycles. The molecule has 0 aromatic heterocycles. The summed E-state index contributed by atoms with van der Waals surface area (Å²) in [5.74, 6) is -0.559. The Morgan fingerprint density at radius 2 is 1.54 bits per heavy atom. The van der Waals surface area contributed by atoms with Gasteiger partial charge >= 0.3 is 5.97 Å². The average molecular weight is 360 g/mol. The molecule has 0 saturated carbocycles. The van der Waals surface area contributed by atoms with Crippen molar-refractivity contribution in [2.75, 3.05) is 0 Å². The Bertz CT molecular complexity index is 1090. The molecule has 0 N–H and O–H groups in total. The van der Waals surface area contributed by atoms with Crippen molar-refractivity contribution in [3.05, 3.63) is 93.4 Å². The Labute approximate surface area is 154 Å². The van der Waals surface area contributed by atoms with Crippen molar-refractivity contribution >= 4 is 39.7 Å². The van der Waals surface area contributed by atoms with E-state index < -0.39 is 16.8 Å². The minimum Gasteiger partial charge on any atom is -0.412 e. The number of cyclic esters (lactones) is 1. The van der Waals surface area contributed by atoms with Gasteiger partial charge in [0, 0.05) is 0 Å². The van der Waals surface area contributed by atoms with Crippen LogP contribution in [0, 0.1) is 6.92 Å². The molecule has 3 aromatic rings. The van der Waals surface area contributed by atoms with E-state index in [-0.39, 0.29) is 10.00 Å². The number of benzene rings is 3. The maximum absolute atomic E-state index is 12.7. The molecular formula is C22H16O3S. The summed E-state index contributed by atoms with van der Waals surface area (Å²) in [4.78, 5) is 12.3. The number of ether oxygens (including phenoxy) is 1. The van der Waals surface area contributed by atoms with Crippen LogP contribution >= 0.6 is 0 Å². The third kappa shape index (κ3) is 3.24. The Morgan fingerprint density at radius 3 is 2.31 bits per heavy atom. The predicted molar refractivity (Wildman–Crippen MR) is 105 cm³/mol. The van der Waals surface area contributed by atoms with Crippen LogP contribution in [0.3, 0.4) is 0 Å². The second-order valence-corrected chi connectivity index (χ2v) is 7.53. The van der Waals surface area contributed by atoms with Crippen LogP contribution in [0.1, 0.15) is 16.7 Å². The molecule has 1 heterocycles. The lowest BCUT2D eigenvalue weighted by Gasteiger charge is -2.00. The largest absolute Gasteiger partial charge is 0.412 e. The fourth-order valence-electron chi connectivity index (χ4n) is 2.81. The molecule has 0 amide bonds. The minimum atomic E-state index is -1.62. The Kier molecular flexibility index (Phi) is 4.27. The quantitative estimate of drug-likeness (QED) is 0.487. The van der Waals surface area contributed by atoms with Crippen molar-refractivity contribution in [2.45, 2.75) is 6.92 Å². The van der Waals surface area contributed by atoms with Gasteiger partial charge in [-0.2, -0.15) is 0 Å². The smallest absolute Gasteiger partial charge is 0.353 e. The van der Waals surface area contributed by atoms with E-state index >= 15 is 0 Å². The van der Waals surface area contributed by atoms with Gasteiger partial charge in [0.25, 0.3) is 0 Å². The molecule has 4 rings (SSSR count). The van der Waals surface area contributed by atoms with Gasteiger partial charge < -0.3 is 4.74 Å². The third-order valence-corrected chi connectivity index (χ3v) is 5.46. The molecule has 1 unspecified atom stereocenters. The van der Waals surface area contributed by atoms with Crippen LogP contribution in [-0.4, -0.2) is 10.2 Å². The van der Waals surface area contributed by atoms with E-state index in [1.165, 1.54) is 0 Å². The lowest BCUT2D eigenvalue weighted by atomic mass is 10.1. The van der Waals surface area contributed by atoms with Crippen LogP contribution in [0.2, 0.25) is 0 Å². The van der Waals surface area contributed by atoms with Gasteiger partial charge in [0.05, 0.1) is 0 Å². The van der Waals surface area contributed by atoms with Gasteiger partial charge in [0.15, 0.2) is 5.09 Å². The van der Waals surface area contributed by atoms with Gasteiger partial charge in [0.1, 0.15) is 15.7 Å². The van der Waals surface area contributed by atoms with E-state index in [1.807, 2.05) is 73.7 Å². The molecule has 1 atom stereocenters. The van der Waals surface area contributed by atoms with E-state index in [0.717, 1.165) is 27.5 Å². The second-order valence-electron chi connectivity index (χ2n) is 6.15. The van der Waals surface area contributed by atoms with E-state index in [1.54, 1.807) is 12.2 Å². The lowest BCUT2D eigenvalue weighted by molar-refractivity contribution is -0.132. The molecule has 26 heavy (non-hydrogen) atoms. The highest BCUT2D eigenvalue weighted by atomic mass is 32.2. The van der Waals surface area contributed by atoms with E-state index in [9.17, 15) is 9.00 Å². The molecule has 0 spiro atoms. The fourth-order valence-corrected chi connectivity index (χ4v) is 3.85. The second kappa shape index (κ2) is 6.73. The number of carbonyl (C=O) groups excluding carboxylic acids is 1. The zero-order chi connectivity index (χ0) is 18.1. The highest BCUT2D eigenvalue weighted by Crippen LogP contribution is 2.29. The van der Waals surface area contributed by atoms with E-state index in [2.05, 4.69) is 0 Å². The van der Waals surface area contributed by atoms with E-state index in [0.29, 0.717) is 0 Å². The van der Waals surface area contributed by atoms with Crippen molar-refractivity contribution in [2.24, 2.45) is 0 Å². The Balaban J connectivity index is 1.67. The number of hydrogen-bond acceptors (Lipinski definition) is 3. The Morgan fingerprint density at radius 1 is 0.846 bits per heavy atom. The Hall–Kier alpha value is -2.98. The number of esters is 1. The summed E-state index contributed by atoms with van der Waals surface area (Å²) in [5, 5.41) is 2.37. The SMILES string of the molecule is Cc1ccc(/C=C2/C(=O)O/C(=C/c3ccc4ccccc4c3)S2=O)cc1. The number of fused-ring (bicyclic) bond motifs is 1. The summed E-state index contributed by atoms with van der Waals surface area (Å²) in [5.41, 5.74) is 2.79. The number of rotatable bonds is 2. The zero-order valence-electron chi connectivity index (χ0n) is 14.1. The maximum atomic E-state index is 12.7.